The highest BCUT2D eigenvalue weighted by atomic mass is 16.5. The van der Waals surface area contributed by atoms with Crippen molar-refractivity contribution in [2.24, 2.45) is 0 Å². The molecule has 0 atom stereocenters. The fraction of sp³-hybridized carbons (Fsp3) is 0.211. The third-order valence-electron chi connectivity index (χ3n) is 4.07. The second-order valence-electron chi connectivity index (χ2n) is 6.63. The van der Waals surface area contributed by atoms with Gasteiger partial charge in [0.25, 0.3) is 0 Å². The van der Waals surface area contributed by atoms with Gasteiger partial charge in [-0.2, -0.15) is 4.52 Å². The molecule has 138 valence electrons. The van der Waals surface area contributed by atoms with Crippen LogP contribution in [0, 0.1) is 0 Å². The molecule has 0 aliphatic carbocycles. The standard InChI is InChI=1S/C19H19N5O3/c1-19(2,25)13-6-3-4-7-14(13)27-11-12-10-16-22-17(15-8-5-9-26-15)23-24(16)18(20)21-12/h3-10,25H,11H2,1-2H3,(H2,20,21). The van der Waals surface area contributed by atoms with Crippen molar-refractivity contribution in [3.8, 4) is 17.3 Å². The van der Waals surface area contributed by atoms with Gasteiger partial charge in [0.05, 0.1) is 17.6 Å². The van der Waals surface area contributed by atoms with Crippen LogP contribution in [0.5, 0.6) is 5.75 Å². The van der Waals surface area contributed by atoms with Crippen LogP contribution in [0.1, 0.15) is 25.1 Å². The van der Waals surface area contributed by atoms with E-state index in [1.807, 2.05) is 18.2 Å². The van der Waals surface area contributed by atoms with Gasteiger partial charge in [0.1, 0.15) is 12.4 Å². The van der Waals surface area contributed by atoms with Crippen LogP contribution < -0.4 is 10.5 Å². The van der Waals surface area contributed by atoms with Gasteiger partial charge in [0.15, 0.2) is 11.4 Å². The first-order valence-electron chi connectivity index (χ1n) is 8.42. The molecule has 0 spiro atoms. The third kappa shape index (κ3) is 3.34. The van der Waals surface area contributed by atoms with Crippen molar-refractivity contribution in [3.63, 3.8) is 0 Å². The van der Waals surface area contributed by atoms with Crippen LogP contribution in [0.4, 0.5) is 5.95 Å². The minimum atomic E-state index is -1.02. The molecule has 0 saturated carbocycles. The van der Waals surface area contributed by atoms with Gasteiger partial charge in [-0.05, 0) is 32.0 Å². The number of furan rings is 1. The first-order valence-corrected chi connectivity index (χ1v) is 8.42. The van der Waals surface area contributed by atoms with E-state index in [9.17, 15) is 5.11 Å². The maximum atomic E-state index is 10.3. The Balaban J connectivity index is 1.62. The lowest BCUT2D eigenvalue weighted by Crippen LogP contribution is -2.17. The van der Waals surface area contributed by atoms with E-state index in [0.29, 0.717) is 34.2 Å². The molecule has 4 aromatic rings. The van der Waals surface area contributed by atoms with Gasteiger partial charge in [-0.25, -0.2) is 9.97 Å². The summed E-state index contributed by atoms with van der Waals surface area (Å²) in [6.45, 7) is 3.60. The largest absolute Gasteiger partial charge is 0.487 e. The monoisotopic (exact) mass is 365 g/mol. The molecule has 0 radical (unpaired) electrons. The number of hydrogen-bond donors (Lipinski definition) is 2. The summed E-state index contributed by atoms with van der Waals surface area (Å²) in [6.07, 6.45) is 1.56. The highest BCUT2D eigenvalue weighted by Gasteiger charge is 2.21. The van der Waals surface area contributed by atoms with Crippen LogP contribution in [-0.2, 0) is 12.2 Å². The summed E-state index contributed by atoms with van der Waals surface area (Å²) in [5.41, 5.74) is 6.84. The number of nitrogens with two attached hydrogens (primary N) is 1. The van der Waals surface area contributed by atoms with E-state index < -0.39 is 5.60 Å². The predicted octanol–water partition coefficient (Wildman–Crippen LogP) is 2.77. The Hall–Kier alpha value is -3.39. The topological polar surface area (TPSA) is 112 Å². The summed E-state index contributed by atoms with van der Waals surface area (Å²) in [5.74, 6) is 1.77. The number of hydrogen-bond acceptors (Lipinski definition) is 7. The average Bonchev–Trinajstić information content (AvgIpc) is 3.29. The number of ether oxygens (including phenoxy) is 1. The van der Waals surface area contributed by atoms with Gasteiger partial charge < -0.3 is 20.0 Å². The van der Waals surface area contributed by atoms with Crippen molar-refractivity contribution in [1.82, 2.24) is 19.6 Å². The molecule has 0 aliphatic heterocycles. The number of fused-ring (bicyclic) bond motifs is 1. The first kappa shape index (κ1) is 17.0. The summed E-state index contributed by atoms with van der Waals surface area (Å²) < 4.78 is 12.7. The van der Waals surface area contributed by atoms with Crippen molar-refractivity contribution in [2.45, 2.75) is 26.1 Å². The van der Waals surface area contributed by atoms with Gasteiger partial charge in [-0.15, -0.1) is 5.10 Å². The van der Waals surface area contributed by atoms with Gasteiger partial charge >= 0.3 is 0 Å². The molecule has 8 heteroatoms. The number of nitrogen functional groups attached to an aromatic ring is 1. The van der Waals surface area contributed by atoms with Crippen LogP contribution in [0.25, 0.3) is 17.2 Å². The fourth-order valence-corrected chi connectivity index (χ4v) is 2.80. The van der Waals surface area contributed by atoms with Crippen molar-refractivity contribution in [2.75, 3.05) is 5.73 Å². The zero-order chi connectivity index (χ0) is 19.0. The van der Waals surface area contributed by atoms with Gasteiger partial charge in [0, 0.05) is 11.6 Å². The Morgan fingerprint density at radius 1 is 1.19 bits per heavy atom. The average molecular weight is 365 g/mol. The number of benzene rings is 1. The molecular formula is C19H19N5O3. The van der Waals surface area contributed by atoms with Crippen molar-refractivity contribution >= 4 is 11.6 Å². The molecule has 0 aliphatic rings. The molecule has 0 amide bonds. The molecule has 1 aromatic carbocycles. The molecule has 0 bridgehead atoms. The second kappa shape index (κ2) is 6.40. The van der Waals surface area contributed by atoms with E-state index >= 15 is 0 Å². The van der Waals surface area contributed by atoms with Gasteiger partial charge in [0.2, 0.25) is 11.8 Å². The predicted molar refractivity (Wildman–Crippen MR) is 98.9 cm³/mol. The summed E-state index contributed by atoms with van der Waals surface area (Å²) >= 11 is 0. The van der Waals surface area contributed by atoms with E-state index in [2.05, 4.69) is 15.1 Å². The Bertz CT molecular complexity index is 1080. The van der Waals surface area contributed by atoms with Crippen LogP contribution in [0.3, 0.4) is 0 Å². The van der Waals surface area contributed by atoms with E-state index in [1.165, 1.54) is 4.52 Å². The Morgan fingerprint density at radius 2 is 2.00 bits per heavy atom. The summed E-state index contributed by atoms with van der Waals surface area (Å²) in [7, 11) is 0. The molecule has 3 heterocycles. The Kier molecular flexibility index (Phi) is 4.04. The molecule has 0 saturated heterocycles. The van der Waals surface area contributed by atoms with Gasteiger partial charge in [-0.3, -0.25) is 0 Å². The molecule has 0 fully saturated rings. The maximum absolute atomic E-state index is 10.3. The number of nitrogens with zero attached hydrogens (tertiary/aromatic N) is 4. The first-order chi connectivity index (χ1) is 12.9. The lowest BCUT2D eigenvalue weighted by molar-refractivity contribution is 0.0743. The van der Waals surface area contributed by atoms with E-state index in [1.54, 1.807) is 44.4 Å². The Morgan fingerprint density at radius 3 is 2.74 bits per heavy atom. The molecular weight excluding hydrogens is 346 g/mol. The lowest BCUT2D eigenvalue weighted by Gasteiger charge is -2.21. The Labute approximate surface area is 155 Å². The van der Waals surface area contributed by atoms with Crippen LogP contribution in [0.15, 0.2) is 53.1 Å². The number of aliphatic hydroxyl groups is 1. The number of para-hydroxylation sites is 1. The highest BCUT2D eigenvalue weighted by molar-refractivity contribution is 5.54. The number of aromatic nitrogens is 4. The van der Waals surface area contributed by atoms with Crippen LogP contribution in [0.2, 0.25) is 0 Å². The zero-order valence-electron chi connectivity index (χ0n) is 15.0. The molecule has 3 aromatic heterocycles. The van der Waals surface area contributed by atoms with Gasteiger partial charge in [-0.1, -0.05) is 18.2 Å². The second-order valence-corrected chi connectivity index (χ2v) is 6.63. The van der Waals surface area contributed by atoms with Crippen LogP contribution in [-0.4, -0.2) is 24.7 Å². The number of rotatable bonds is 5. The lowest BCUT2D eigenvalue weighted by atomic mass is 9.97. The molecule has 3 N–H and O–H groups in total. The quantitative estimate of drug-likeness (QED) is 0.559. The zero-order valence-corrected chi connectivity index (χ0v) is 15.0. The normalized spacial score (nSPS) is 11.8. The molecule has 27 heavy (non-hydrogen) atoms. The van der Waals surface area contributed by atoms with Crippen LogP contribution >= 0.6 is 0 Å². The van der Waals surface area contributed by atoms with E-state index in [0.717, 1.165) is 0 Å². The van der Waals surface area contributed by atoms with Crippen molar-refractivity contribution in [3.05, 3.63) is 60.0 Å². The van der Waals surface area contributed by atoms with E-state index in [4.69, 9.17) is 14.9 Å². The van der Waals surface area contributed by atoms with E-state index in [-0.39, 0.29) is 12.6 Å². The summed E-state index contributed by atoms with van der Waals surface area (Å²) in [6, 6.07) is 12.6. The highest BCUT2D eigenvalue weighted by Crippen LogP contribution is 2.29. The molecule has 0 unspecified atom stereocenters. The SMILES string of the molecule is CC(C)(O)c1ccccc1OCc1cc2nc(-c3ccco3)nn2c(N)n1. The van der Waals surface area contributed by atoms with Crippen molar-refractivity contribution < 1.29 is 14.3 Å². The fourth-order valence-electron chi connectivity index (χ4n) is 2.80. The molecule has 4 rings (SSSR count). The summed E-state index contributed by atoms with van der Waals surface area (Å²) in [4.78, 5) is 8.75. The maximum Gasteiger partial charge on any atom is 0.223 e. The summed E-state index contributed by atoms with van der Waals surface area (Å²) in [5, 5.41) is 14.6. The third-order valence-corrected chi connectivity index (χ3v) is 4.07. The smallest absolute Gasteiger partial charge is 0.223 e. The minimum Gasteiger partial charge on any atom is -0.487 e. The number of anilines is 1. The van der Waals surface area contributed by atoms with Crippen molar-refractivity contribution in [1.29, 1.82) is 0 Å². The molecule has 8 nitrogen and oxygen atoms in total. The minimum absolute atomic E-state index is 0.177.